The molecule has 1 N–H and O–H groups in total. The van der Waals surface area contributed by atoms with E-state index in [0.29, 0.717) is 13.0 Å². The molecule has 4 heteroatoms. The Morgan fingerprint density at radius 1 is 1.04 bits per heavy atom. The molecule has 1 amide bonds. The Balaban J connectivity index is 1.70. The van der Waals surface area contributed by atoms with E-state index in [4.69, 9.17) is 8.83 Å². The molecule has 4 nitrogen and oxygen atoms in total. The molecular weight excluding hydrogens is 290 g/mol. The first-order valence-electron chi connectivity index (χ1n) is 7.74. The summed E-state index contributed by atoms with van der Waals surface area (Å²) in [4.78, 5) is 12.2. The van der Waals surface area contributed by atoms with E-state index < -0.39 is 0 Å². The van der Waals surface area contributed by atoms with E-state index in [0.717, 1.165) is 33.6 Å². The minimum Gasteiger partial charge on any atom is -0.466 e. The van der Waals surface area contributed by atoms with Gasteiger partial charge in [-0.1, -0.05) is 0 Å². The second-order valence-electron chi connectivity index (χ2n) is 6.09. The van der Waals surface area contributed by atoms with Gasteiger partial charge >= 0.3 is 0 Å². The summed E-state index contributed by atoms with van der Waals surface area (Å²) in [7, 11) is 0. The van der Waals surface area contributed by atoms with Crippen LogP contribution in [0.1, 0.15) is 33.8 Å². The molecule has 3 rings (SSSR count). The van der Waals surface area contributed by atoms with Gasteiger partial charge in [0.05, 0.1) is 12.7 Å². The van der Waals surface area contributed by atoms with Crippen molar-refractivity contribution >= 4 is 16.9 Å². The third kappa shape index (κ3) is 3.16. The summed E-state index contributed by atoms with van der Waals surface area (Å²) in [6, 6.07) is 6.05. The van der Waals surface area contributed by atoms with Crippen LogP contribution in [0.15, 0.2) is 33.3 Å². The van der Waals surface area contributed by atoms with Gasteiger partial charge in [0.25, 0.3) is 0 Å². The number of nitrogens with one attached hydrogen (secondary N) is 1. The minimum absolute atomic E-state index is 0.0239. The normalized spacial score (nSPS) is 11.1. The summed E-state index contributed by atoms with van der Waals surface area (Å²) in [5, 5.41) is 3.95. The Kier molecular flexibility index (Phi) is 3.99. The molecular formula is C19H21NO3. The van der Waals surface area contributed by atoms with Gasteiger partial charge in [0.15, 0.2) is 0 Å². The molecule has 0 aliphatic carbocycles. The molecule has 120 valence electrons. The van der Waals surface area contributed by atoms with E-state index >= 15 is 0 Å². The molecule has 2 aromatic heterocycles. The Morgan fingerprint density at radius 2 is 1.78 bits per heavy atom. The number of hydrogen-bond acceptors (Lipinski definition) is 3. The number of rotatable bonds is 4. The number of hydrogen-bond donors (Lipinski definition) is 1. The summed E-state index contributed by atoms with van der Waals surface area (Å²) in [5.41, 5.74) is 5.15. The molecule has 0 radical (unpaired) electrons. The van der Waals surface area contributed by atoms with E-state index in [-0.39, 0.29) is 5.91 Å². The van der Waals surface area contributed by atoms with Crippen molar-refractivity contribution in [3.05, 3.63) is 58.2 Å². The smallest absolute Gasteiger partial charge is 0.224 e. The van der Waals surface area contributed by atoms with Crippen LogP contribution in [0.3, 0.4) is 0 Å². The monoisotopic (exact) mass is 311 g/mol. The van der Waals surface area contributed by atoms with Gasteiger partial charge in [0, 0.05) is 23.1 Å². The quantitative estimate of drug-likeness (QED) is 0.788. The maximum Gasteiger partial charge on any atom is 0.224 e. The summed E-state index contributed by atoms with van der Waals surface area (Å²) in [6.07, 6.45) is 1.99. The van der Waals surface area contributed by atoms with Crippen LogP contribution in [0.25, 0.3) is 11.0 Å². The van der Waals surface area contributed by atoms with E-state index in [1.165, 1.54) is 11.1 Å². The highest BCUT2D eigenvalue weighted by atomic mass is 16.3. The zero-order chi connectivity index (χ0) is 16.6. The molecule has 2 heterocycles. The molecule has 0 fully saturated rings. The lowest BCUT2D eigenvalue weighted by Crippen LogP contribution is -2.24. The first-order chi connectivity index (χ1) is 10.9. The predicted octanol–water partition coefficient (Wildman–Crippen LogP) is 4.12. The number of benzene rings is 1. The van der Waals surface area contributed by atoms with Gasteiger partial charge in [-0.3, -0.25) is 4.79 Å². The van der Waals surface area contributed by atoms with Gasteiger partial charge < -0.3 is 14.2 Å². The lowest BCUT2D eigenvalue weighted by Gasteiger charge is -2.04. The van der Waals surface area contributed by atoms with Crippen LogP contribution >= 0.6 is 0 Å². The third-order valence-electron chi connectivity index (χ3n) is 4.24. The maximum atomic E-state index is 12.2. The first kappa shape index (κ1) is 15.4. The average Bonchev–Trinajstić information content (AvgIpc) is 3.01. The highest BCUT2D eigenvalue weighted by Crippen LogP contribution is 2.25. The molecule has 3 aromatic rings. The number of carbonyl (C=O) groups excluding carboxylic acids is 1. The van der Waals surface area contributed by atoms with Crippen molar-refractivity contribution in [1.82, 2.24) is 5.32 Å². The fourth-order valence-corrected chi connectivity index (χ4v) is 2.76. The van der Waals surface area contributed by atoms with Crippen LogP contribution in [0.2, 0.25) is 0 Å². The first-order valence-corrected chi connectivity index (χ1v) is 7.74. The van der Waals surface area contributed by atoms with Crippen LogP contribution in [-0.2, 0) is 17.8 Å². The molecule has 23 heavy (non-hydrogen) atoms. The number of amides is 1. The average molecular weight is 311 g/mol. The number of furan rings is 2. The summed E-state index contributed by atoms with van der Waals surface area (Å²) in [5.74, 6) is 1.69. The fraction of sp³-hybridized carbons (Fsp3) is 0.316. The van der Waals surface area contributed by atoms with E-state index in [9.17, 15) is 4.79 Å². The third-order valence-corrected chi connectivity index (χ3v) is 4.24. The van der Waals surface area contributed by atoms with Crippen molar-refractivity contribution in [1.29, 1.82) is 0 Å². The Bertz CT molecular complexity index is 870. The topological polar surface area (TPSA) is 55.4 Å². The lowest BCUT2D eigenvalue weighted by atomic mass is 10.0. The summed E-state index contributed by atoms with van der Waals surface area (Å²) < 4.78 is 11.0. The highest BCUT2D eigenvalue weighted by Gasteiger charge is 2.12. The van der Waals surface area contributed by atoms with Crippen molar-refractivity contribution in [2.24, 2.45) is 0 Å². The van der Waals surface area contributed by atoms with Crippen molar-refractivity contribution < 1.29 is 13.6 Å². The molecule has 0 saturated carbocycles. The molecule has 0 saturated heterocycles. The van der Waals surface area contributed by atoms with Crippen molar-refractivity contribution in [2.75, 3.05) is 0 Å². The van der Waals surface area contributed by atoms with Gasteiger partial charge in [-0.05, 0) is 57.0 Å². The predicted molar refractivity (Wildman–Crippen MR) is 89.4 cm³/mol. The van der Waals surface area contributed by atoms with Gasteiger partial charge in [0.1, 0.15) is 17.1 Å². The van der Waals surface area contributed by atoms with Crippen LogP contribution in [0.4, 0.5) is 0 Å². The van der Waals surface area contributed by atoms with Crippen LogP contribution < -0.4 is 5.32 Å². The Labute approximate surface area is 135 Å². The van der Waals surface area contributed by atoms with Gasteiger partial charge in [-0.25, -0.2) is 0 Å². The van der Waals surface area contributed by atoms with E-state index in [1.807, 2.05) is 26.0 Å². The van der Waals surface area contributed by atoms with Gasteiger partial charge in [0.2, 0.25) is 5.91 Å². The van der Waals surface area contributed by atoms with Crippen molar-refractivity contribution in [3.63, 3.8) is 0 Å². The van der Waals surface area contributed by atoms with Crippen molar-refractivity contribution in [3.8, 4) is 0 Å². The zero-order valence-electron chi connectivity index (χ0n) is 13.9. The molecule has 0 spiro atoms. The zero-order valence-corrected chi connectivity index (χ0v) is 13.9. The SMILES string of the molecule is Cc1cc(CNC(=O)Cc2coc3cc(C)c(C)cc23)c(C)o1. The summed E-state index contributed by atoms with van der Waals surface area (Å²) >= 11 is 0. The van der Waals surface area contributed by atoms with Crippen LogP contribution in [0, 0.1) is 27.7 Å². The van der Waals surface area contributed by atoms with Gasteiger partial charge in [-0.2, -0.15) is 0 Å². The maximum absolute atomic E-state index is 12.2. The number of carbonyl (C=O) groups is 1. The lowest BCUT2D eigenvalue weighted by molar-refractivity contribution is -0.120. The standard InChI is InChI=1S/C19H21NO3/c1-11-5-17-16(10-22-18(17)6-12(11)2)8-19(21)20-9-15-7-13(3)23-14(15)4/h5-7,10H,8-9H2,1-4H3,(H,20,21). The van der Waals surface area contributed by atoms with Crippen LogP contribution in [0.5, 0.6) is 0 Å². The molecule has 0 aliphatic heterocycles. The van der Waals surface area contributed by atoms with Gasteiger partial charge in [-0.15, -0.1) is 0 Å². The fourth-order valence-electron chi connectivity index (χ4n) is 2.76. The highest BCUT2D eigenvalue weighted by molar-refractivity contribution is 5.88. The van der Waals surface area contributed by atoms with Crippen LogP contribution in [-0.4, -0.2) is 5.91 Å². The molecule has 0 atom stereocenters. The Hall–Kier alpha value is -2.49. The molecule has 1 aromatic carbocycles. The molecule has 0 bridgehead atoms. The number of aryl methyl sites for hydroxylation is 4. The number of fused-ring (bicyclic) bond motifs is 1. The van der Waals surface area contributed by atoms with E-state index in [1.54, 1.807) is 6.26 Å². The largest absolute Gasteiger partial charge is 0.466 e. The van der Waals surface area contributed by atoms with E-state index in [2.05, 4.69) is 25.2 Å². The molecule has 0 aliphatic rings. The second kappa shape index (κ2) is 5.95. The minimum atomic E-state index is -0.0239. The second-order valence-corrected chi connectivity index (χ2v) is 6.09. The Morgan fingerprint density at radius 3 is 2.48 bits per heavy atom. The van der Waals surface area contributed by atoms with Crippen molar-refractivity contribution in [2.45, 2.75) is 40.7 Å². The summed E-state index contributed by atoms with van der Waals surface area (Å²) in [6.45, 7) is 8.41. The molecule has 0 unspecified atom stereocenters.